The first-order valence-corrected chi connectivity index (χ1v) is 6.79. The van der Waals surface area contributed by atoms with Crippen molar-refractivity contribution in [3.05, 3.63) is 41.9 Å². The van der Waals surface area contributed by atoms with Crippen LogP contribution in [0.2, 0.25) is 0 Å². The standard InChI is InChI=1S/C14H18N6/c1-11-10-12(2)19(17-11)9-5-7-15-14-16-13-6-3-4-8-20(13)18-14/h3-4,6,8,10H,5,7,9H2,1-2H3,(H,15,18). The van der Waals surface area contributed by atoms with E-state index in [1.54, 1.807) is 4.52 Å². The second kappa shape index (κ2) is 5.32. The van der Waals surface area contributed by atoms with Crippen molar-refractivity contribution in [2.75, 3.05) is 11.9 Å². The molecule has 3 heterocycles. The number of nitrogens with zero attached hydrogens (tertiary/aromatic N) is 5. The van der Waals surface area contributed by atoms with Crippen molar-refractivity contribution in [3.8, 4) is 0 Å². The van der Waals surface area contributed by atoms with Crippen molar-refractivity contribution in [2.24, 2.45) is 0 Å². The largest absolute Gasteiger partial charge is 0.353 e. The van der Waals surface area contributed by atoms with Crippen LogP contribution in [0.5, 0.6) is 0 Å². The third-order valence-corrected chi connectivity index (χ3v) is 3.17. The number of hydrogen-bond acceptors (Lipinski definition) is 4. The summed E-state index contributed by atoms with van der Waals surface area (Å²) in [6.07, 6.45) is 2.88. The van der Waals surface area contributed by atoms with Gasteiger partial charge >= 0.3 is 0 Å². The van der Waals surface area contributed by atoms with Gasteiger partial charge in [-0.3, -0.25) is 4.68 Å². The minimum Gasteiger partial charge on any atom is -0.353 e. The Hall–Kier alpha value is -2.37. The summed E-state index contributed by atoms with van der Waals surface area (Å²) < 4.78 is 3.80. The van der Waals surface area contributed by atoms with Gasteiger partial charge in [-0.1, -0.05) is 6.07 Å². The van der Waals surface area contributed by atoms with Crippen molar-refractivity contribution in [1.29, 1.82) is 0 Å². The number of anilines is 1. The van der Waals surface area contributed by atoms with Crippen LogP contribution in [0.15, 0.2) is 30.5 Å². The Morgan fingerprint density at radius 3 is 2.85 bits per heavy atom. The lowest BCUT2D eigenvalue weighted by Gasteiger charge is -2.04. The molecule has 1 N–H and O–H groups in total. The van der Waals surface area contributed by atoms with E-state index in [-0.39, 0.29) is 0 Å². The fraction of sp³-hybridized carbons (Fsp3) is 0.357. The fourth-order valence-electron chi connectivity index (χ4n) is 2.24. The summed E-state index contributed by atoms with van der Waals surface area (Å²) in [5.74, 6) is 0.671. The molecule has 6 nitrogen and oxygen atoms in total. The highest BCUT2D eigenvalue weighted by Crippen LogP contribution is 2.05. The summed E-state index contributed by atoms with van der Waals surface area (Å²) in [4.78, 5) is 4.40. The number of nitrogens with one attached hydrogen (secondary N) is 1. The zero-order valence-corrected chi connectivity index (χ0v) is 11.7. The van der Waals surface area contributed by atoms with E-state index in [0.717, 1.165) is 30.9 Å². The van der Waals surface area contributed by atoms with E-state index in [0.29, 0.717) is 5.95 Å². The molecule has 3 aromatic rings. The van der Waals surface area contributed by atoms with E-state index in [2.05, 4.69) is 33.5 Å². The molecule has 3 rings (SSSR count). The molecule has 0 amide bonds. The minimum absolute atomic E-state index is 0.671. The zero-order chi connectivity index (χ0) is 13.9. The van der Waals surface area contributed by atoms with Crippen molar-refractivity contribution in [2.45, 2.75) is 26.8 Å². The van der Waals surface area contributed by atoms with Crippen LogP contribution in [0.1, 0.15) is 17.8 Å². The SMILES string of the molecule is Cc1cc(C)n(CCCNc2nc3ccccn3n2)n1. The van der Waals surface area contributed by atoms with Crippen LogP contribution in [-0.2, 0) is 6.54 Å². The molecule has 0 radical (unpaired) electrons. The van der Waals surface area contributed by atoms with Gasteiger partial charge in [-0.2, -0.15) is 10.1 Å². The molecule has 0 bridgehead atoms. The maximum atomic E-state index is 4.44. The summed E-state index contributed by atoms with van der Waals surface area (Å²) in [6, 6.07) is 7.93. The number of fused-ring (bicyclic) bond motifs is 1. The van der Waals surface area contributed by atoms with Gasteiger partial charge in [0.15, 0.2) is 5.65 Å². The van der Waals surface area contributed by atoms with Crippen molar-refractivity contribution in [1.82, 2.24) is 24.4 Å². The van der Waals surface area contributed by atoms with Crippen LogP contribution in [-0.4, -0.2) is 30.9 Å². The number of aromatic nitrogens is 5. The molecular weight excluding hydrogens is 252 g/mol. The predicted molar refractivity (Wildman–Crippen MR) is 77.8 cm³/mol. The molecule has 6 heteroatoms. The molecule has 0 atom stereocenters. The Morgan fingerprint density at radius 1 is 1.20 bits per heavy atom. The third-order valence-electron chi connectivity index (χ3n) is 3.17. The fourth-order valence-corrected chi connectivity index (χ4v) is 2.24. The van der Waals surface area contributed by atoms with Gasteiger partial charge in [0.05, 0.1) is 5.69 Å². The van der Waals surface area contributed by atoms with E-state index in [1.807, 2.05) is 36.0 Å². The zero-order valence-electron chi connectivity index (χ0n) is 11.7. The molecule has 0 aliphatic carbocycles. The molecular formula is C14H18N6. The Morgan fingerprint density at radius 2 is 2.10 bits per heavy atom. The van der Waals surface area contributed by atoms with Gasteiger partial charge in [-0.05, 0) is 38.5 Å². The van der Waals surface area contributed by atoms with Gasteiger partial charge in [0.2, 0.25) is 5.95 Å². The highest BCUT2D eigenvalue weighted by Gasteiger charge is 2.03. The smallest absolute Gasteiger partial charge is 0.243 e. The van der Waals surface area contributed by atoms with Gasteiger partial charge in [-0.25, -0.2) is 4.52 Å². The average molecular weight is 270 g/mol. The van der Waals surface area contributed by atoms with Crippen LogP contribution in [0.3, 0.4) is 0 Å². The monoisotopic (exact) mass is 270 g/mol. The Balaban J connectivity index is 1.53. The van der Waals surface area contributed by atoms with E-state index in [4.69, 9.17) is 0 Å². The molecule has 104 valence electrons. The van der Waals surface area contributed by atoms with Crippen LogP contribution >= 0.6 is 0 Å². The van der Waals surface area contributed by atoms with Crippen LogP contribution in [0.25, 0.3) is 5.65 Å². The highest BCUT2D eigenvalue weighted by atomic mass is 15.3. The molecule has 0 aromatic carbocycles. The Bertz CT molecular complexity index is 678. The van der Waals surface area contributed by atoms with Gasteiger partial charge in [0.25, 0.3) is 0 Å². The third kappa shape index (κ3) is 2.64. The molecule has 0 aliphatic rings. The Labute approximate surface area is 117 Å². The summed E-state index contributed by atoms with van der Waals surface area (Å²) in [6.45, 7) is 5.83. The lowest BCUT2D eigenvalue weighted by molar-refractivity contribution is 0.573. The second-order valence-corrected chi connectivity index (χ2v) is 4.87. The van der Waals surface area contributed by atoms with E-state index >= 15 is 0 Å². The topological polar surface area (TPSA) is 60.0 Å². The first-order valence-electron chi connectivity index (χ1n) is 6.79. The summed E-state index contributed by atoms with van der Waals surface area (Å²) >= 11 is 0. The van der Waals surface area contributed by atoms with Gasteiger partial charge in [0, 0.05) is 25.0 Å². The molecule has 3 aromatic heterocycles. The molecule has 0 fully saturated rings. The first-order chi connectivity index (χ1) is 9.72. The van der Waals surface area contributed by atoms with E-state index < -0.39 is 0 Å². The van der Waals surface area contributed by atoms with Crippen molar-refractivity contribution >= 4 is 11.6 Å². The lowest BCUT2D eigenvalue weighted by Crippen LogP contribution is -2.09. The number of aryl methyl sites for hydroxylation is 3. The normalized spacial score (nSPS) is 11.1. The van der Waals surface area contributed by atoms with Crippen molar-refractivity contribution < 1.29 is 0 Å². The summed E-state index contributed by atoms with van der Waals surface area (Å²) in [7, 11) is 0. The van der Waals surface area contributed by atoms with E-state index in [9.17, 15) is 0 Å². The van der Waals surface area contributed by atoms with Crippen LogP contribution in [0.4, 0.5) is 5.95 Å². The summed E-state index contributed by atoms with van der Waals surface area (Å²) in [5, 5.41) is 12.0. The highest BCUT2D eigenvalue weighted by molar-refractivity contribution is 5.42. The van der Waals surface area contributed by atoms with Crippen LogP contribution < -0.4 is 5.32 Å². The predicted octanol–water partition coefficient (Wildman–Crippen LogP) is 2.04. The Kier molecular flexibility index (Phi) is 3.37. The average Bonchev–Trinajstić information content (AvgIpc) is 2.97. The maximum absolute atomic E-state index is 4.44. The number of hydrogen-bond donors (Lipinski definition) is 1. The first kappa shape index (κ1) is 12.7. The molecule has 0 spiro atoms. The van der Waals surface area contributed by atoms with Gasteiger partial charge in [-0.15, -0.1) is 5.10 Å². The van der Waals surface area contributed by atoms with Crippen molar-refractivity contribution in [3.63, 3.8) is 0 Å². The second-order valence-electron chi connectivity index (χ2n) is 4.87. The lowest BCUT2D eigenvalue weighted by atomic mass is 10.4. The van der Waals surface area contributed by atoms with Crippen LogP contribution in [0, 0.1) is 13.8 Å². The molecule has 0 aliphatic heterocycles. The molecule has 20 heavy (non-hydrogen) atoms. The molecule has 0 saturated heterocycles. The van der Waals surface area contributed by atoms with Gasteiger partial charge < -0.3 is 5.32 Å². The van der Waals surface area contributed by atoms with Gasteiger partial charge in [0.1, 0.15) is 0 Å². The minimum atomic E-state index is 0.671. The quantitative estimate of drug-likeness (QED) is 0.721. The van der Waals surface area contributed by atoms with E-state index in [1.165, 1.54) is 5.69 Å². The molecule has 0 saturated carbocycles. The molecule has 0 unspecified atom stereocenters. The maximum Gasteiger partial charge on any atom is 0.243 e. The number of rotatable bonds is 5. The summed E-state index contributed by atoms with van der Waals surface area (Å²) in [5.41, 5.74) is 3.12. The number of pyridine rings is 1.